The molecule has 134 valence electrons. The van der Waals surface area contributed by atoms with Crippen molar-refractivity contribution in [3.05, 3.63) is 48.3 Å². The Morgan fingerprint density at radius 1 is 1.00 bits per heavy atom. The van der Waals surface area contributed by atoms with Gasteiger partial charge in [-0.05, 0) is 19.2 Å². The van der Waals surface area contributed by atoms with Crippen molar-refractivity contribution in [3.8, 4) is 0 Å². The first-order valence-corrected chi connectivity index (χ1v) is 9.29. The molecular weight excluding hydrogens is 312 g/mol. The van der Waals surface area contributed by atoms with Crippen molar-refractivity contribution in [3.63, 3.8) is 0 Å². The molecule has 2 aromatic rings. The van der Waals surface area contributed by atoms with Crippen LogP contribution in [0.2, 0.25) is 0 Å². The normalized spacial score (nSPS) is 23.3. The summed E-state index contributed by atoms with van der Waals surface area (Å²) in [7, 11) is 2.22. The summed E-state index contributed by atoms with van der Waals surface area (Å²) in [5.74, 6) is 1.80. The quantitative estimate of drug-likeness (QED) is 0.835. The highest BCUT2D eigenvalue weighted by atomic mass is 15.3. The summed E-state index contributed by atoms with van der Waals surface area (Å²) in [6, 6.07) is 6.17. The van der Waals surface area contributed by atoms with Gasteiger partial charge in [0.15, 0.2) is 0 Å². The van der Waals surface area contributed by atoms with Crippen LogP contribution in [0.15, 0.2) is 36.8 Å². The molecule has 4 heterocycles. The zero-order valence-electron chi connectivity index (χ0n) is 15.1. The van der Waals surface area contributed by atoms with Gasteiger partial charge in [0, 0.05) is 76.9 Å². The topological polar surface area (TPSA) is 40.4 Å². The fourth-order valence-corrected chi connectivity index (χ4v) is 3.98. The second-order valence-corrected chi connectivity index (χ2v) is 7.46. The van der Waals surface area contributed by atoms with Crippen molar-refractivity contribution in [1.82, 2.24) is 29.2 Å². The van der Waals surface area contributed by atoms with Gasteiger partial charge >= 0.3 is 0 Å². The molecule has 6 heteroatoms. The Kier molecular flexibility index (Phi) is 5.10. The van der Waals surface area contributed by atoms with Gasteiger partial charge in [0.2, 0.25) is 0 Å². The summed E-state index contributed by atoms with van der Waals surface area (Å²) in [5.41, 5.74) is 1.14. The molecule has 0 spiro atoms. The average molecular weight is 340 g/mol. The van der Waals surface area contributed by atoms with Gasteiger partial charge in [-0.3, -0.25) is 9.88 Å². The number of pyridine rings is 1. The SMILES string of the molecule is CN1CCN(C[C@@H]2CN(Cc3ccccn3)Cc3nccn3C2)CC1. The van der Waals surface area contributed by atoms with E-state index in [0.717, 1.165) is 31.9 Å². The first-order chi connectivity index (χ1) is 12.3. The van der Waals surface area contributed by atoms with Crippen molar-refractivity contribution in [2.45, 2.75) is 19.6 Å². The predicted octanol–water partition coefficient (Wildman–Crippen LogP) is 1.16. The Hall–Kier alpha value is -1.76. The summed E-state index contributed by atoms with van der Waals surface area (Å²) in [5, 5.41) is 0. The van der Waals surface area contributed by atoms with Crippen molar-refractivity contribution >= 4 is 0 Å². The molecule has 2 aliphatic rings. The summed E-state index contributed by atoms with van der Waals surface area (Å²) in [6.45, 7) is 9.88. The summed E-state index contributed by atoms with van der Waals surface area (Å²) in [4.78, 5) is 16.7. The highest BCUT2D eigenvalue weighted by Gasteiger charge is 2.25. The van der Waals surface area contributed by atoms with Crippen molar-refractivity contribution < 1.29 is 0 Å². The maximum Gasteiger partial charge on any atom is 0.122 e. The zero-order chi connectivity index (χ0) is 17.1. The smallest absolute Gasteiger partial charge is 0.122 e. The highest BCUT2D eigenvalue weighted by molar-refractivity contribution is 5.04. The number of nitrogens with zero attached hydrogens (tertiary/aromatic N) is 6. The molecule has 2 aromatic heterocycles. The van der Waals surface area contributed by atoms with E-state index in [1.54, 1.807) is 0 Å². The van der Waals surface area contributed by atoms with E-state index in [0.29, 0.717) is 5.92 Å². The third-order valence-electron chi connectivity index (χ3n) is 5.36. The van der Waals surface area contributed by atoms with Gasteiger partial charge in [-0.25, -0.2) is 4.98 Å². The predicted molar refractivity (Wildman–Crippen MR) is 98.0 cm³/mol. The molecular formula is C19H28N6. The lowest BCUT2D eigenvalue weighted by Gasteiger charge is -2.35. The molecule has 0 amide bonds. The molecule has 4 rings (SSSR count). The van der Waals surface area contributed by atoms with Crippen LogP contribution in [0.3, 0.4) is 0 Å². The summed E-state index contributed by atoms with van der Waals surface area (Å²) >= 11 is 0. The minimum absolute atomic E-state index is 0.627. The van der Waals surface area contributed by atoms with Crippen LogP contribution in [-0.2, 0) is 19.6 Å². The van der Waals surface area contributed by atoms with Crippen LogP contribution < -0.4 is 0 Å². The molecule has 0 radical (unpaired) electrons. The second-order valence-electron chi connectivity index (χ2n) is 7.46. The Labute approximate surface area is 150 Å². The third-order valence-corrected chi connectivity index (χ3v) is 5.36. The van der Waals surface area contributed by atoms with Gasteiger partial charge in [-0.2, -0.15) is 0 Å². The Balaban J connectivity index is 1.45. The van der Waals surface area contributed by atoms with Gasteiger partial charge in [0.05, 0.1) is 12.2 Å². The molecule has 6 nitrogen and oxygen atoms in total. The highest BCUT2D eigenvalue weighted by Crippen LogP contribution is 2.18. The van der Waals surface area contributed by atoms with E-state index < -0.39 is 0 Å². The maximum absolute atomic E-state index is 4.58. The van der Waals surface area contributed by atoms with Gasteiger partial charge < -0.3 is 14.4 Å². The van der Waals surface area contributed by atoms with E-state index in [-0.39, 0.29) is 0 Å². The van der Waals surface area contributed by atoms with E-state index in [2.05, 4.69) is 54.6 Å². The number of piperazine rings is 1. The molecule has 0 N–H and O–H groups in total. The number of likely N-dealkylation sites (N-methyl/N-ethyl adjacent to an activating group) is 1. The summed E-state index contributed by atoms with van der Waals surface area (Å²) in [6.07, 6.45) is 5.96. The van der Waals surface area contributed by atoms with Crippen LogP contribution in [0.5, 0.6) is 0 Å². The lowest BCUT2D eigenvalue weighted by Crippen LogP contribution is -2.47. The molecule has 0 bridgehead atoms. The number of rotatable bonds is 4. The van der Waals surface area contributed by atoms with Crippen molar-refractivity contribution in [2.75, 3.05) is 46.3 Å². The van der Waals surface area contributed by atoms with Crippen LogP contribution in [0.1, 0.15) is 11.5 Å². The van der Waals surface area contributed by atoms with Crippen LogP contribution >= 0.6 is 0 Å². The molecule has 1 saturated heterocycles. The van der Waals surface area contributed by atoms with E-state index in [1.807, 2.05) is 18.5 Å². The van der Waals surface area contributed by atoms with E-state index >= 15 is 0 Å². The number of hydrogen-bond acceptors (Lipinski definition) is 5. The largest absolute Gasteiger partial charge is 0.333 e. The lowest BCUT2D eigenvalue weighted by molar-refractivity contribution is 0.116. The fourth-order valence-electron chi connectivity index (χ4n) is 3.98. The lowest BCUT2D eigenvalue weighted by atomic mass is 10.1. The minimum Gasteiger partial charge on any atom is -0.333 e. The fraction of sp³-hybridized carbons (Fsp3) is 0.579. The molecule has 0 saturated carbocycles. The molecule has 0 aromatic carbocycles. The van der Waals surface area contributed by atoms with Crippen LogP contribution in [0.25, 0.3) is 0 Å². The first-order valence-electron chi connectivity index (χ1n) is 9.29. The maximum atomic E-state index is 4.58. The number of aromatic nitrogens is 3. The second kappa shape index (κ2) is 7.64. The molecule has 1 atom stereocenters. The van der Waals surface area contributed by atoms with Crippen LogP contribution in [0, 0.1) is 5.92 Å². The molecule has 0 aliphatic carbocycles. The monoisotopic (exact) mass is 340 g/mol. The molecule has 1 fully saturated rings. The van der Waals surface area contributed by atoms with Gasteiger partial charge in [-0.15, -0.1) is 0 Å². The van der Waals surface area contributed by atoms with Crippen molar-refractivity contribution in [2.24, 2.45) is 5.92 Å². The van der Waals surface area contributed by atoms with Gasteiger partial charge in [0.25, 0.3) is 0 Å². The molecule has 25 heavy (non-hydrogen) atoms. The minimum atomic E-state index is 0.627. The molecule has 2 aliphatic heterocycles. The number of imidazole rings is 1. The van der Waals surface area contributed by atoms with Gasteiger partial charge in [0.1, 0.15) is 5.82 Å². The summed E-state index contributed by atoms with van der Waals surface area (Å²) < 4.78 is 2.35. The van der Waals surface area contributed by atoms with Crippen LogP contribution in [0.4, 0.5) is 0 Å². The average Bonchev–Trinajstić information content (AvgIpc) is 2.98. The van der Waals surface area contributed by atoms with E-state index in [1.165, 1.54) is 38.5 Å². The first kappa shape index (κ1) is 16.7. The number of hydrogen-bond donors (Lipinski definition) is 0. The van der Waals surface area contributed by atoms with Gasteiger partial charge in [-0.1, -0.05) is 6.07 Å². The Bertz CT molecular complexity index is 662. The standard InChI is InChI=1S/C19H28N6/c1-22-8-10-23(11-9-22)12-17-13-24(15-18-4-2-3-5-20-18)16-19-21-6-7-25(19)14-17/h2-7,17H,8-16H2,1H3/t17-/m1/s1. The zero-order valence-corrected chi connectivity index (χ0v) is 15.1. The van der Waals surface area contributed by atoms with E-state index in [9.17, 15) is 0 Å². The van der Waals surface area contributed by atoms with Crippen LogP contribution in [-0.4, -0.2) is 75.6 Å². The molecule has 0 unspecified atom stereocenters. The van der Waals surface area contributed by atoms with E-state index in [4.69, 9.17) is 0 Å². The Morgan fingerprint density at radius 3 is 2.68 bits per heavy atom. The third kappa shape index (κ3) is 4.26. The van der Waals surface area contributed by atoms with Crippen molar-refractivity contribution in [1.29, 1.82) is 0 Å². The number of fused-ring (bicyclic) bond motifs is 1. The Morgan fingerprint density at radius 2 is 1.88 bits per heavy atom.